The predicted molar refractivity (Wildman–Crippen MR) is 47.2 cm³/mol. The van der Waals surface area contributed by atoms with Crippen molar-refractivity contribution < 1.29 is 14.6 Å². The quantitative estimate of drug-likeness (QED) is 0.520. The lowest BCUT2D eigenvalue weighted by atomic mass is 10.1. The molecule has 0 aliphatic rings. The average Bonchev–Trinajstić information content (AvgIpc) is 2.12. The van der Waals surface area contributed by atoms with E-state index in [0.29, 0.717) is 19.8 Å². The molecule has 0 aliphatic carbocycles. The largest absolute Gasteiger partial charge is 0.394 e. The minimum absolute atomic E-state index is 0.0660. The summed E-state index contributed by atoms with van der Waals surface area (Å²) in [4.78, 5) is 0. The van der Waals surface area contributed by atoms with Crippen LogP contribution < -0.4 is 5.32 Å². The minimum Gasteiger partial charge on any atom is -0.394 e. The molecule has 0 aromatic carbocycles. The second-order valence-electron chi connectivity index (χ2n) is 3.01. The molecule has 0 bridgehead atoms. The first-order chi connectivity index (χ1) is 5.68. The van der Waals surface area contributed by atoms with Gasteiger partial charge in [-0.05, 0) is 14.0 Å². The van der Waals surface area contributed by atoms with Crippen molar-refractivity contribution in [3.63, 3.8) is 0 Å². The summed E-state index contributed by atoms with van der Waals surface area (Å²) in [6.45, 7) is 3.61. The highest BCUT2D eigenvalue weighted by Gasteiger charge is 2.20. The molecule has 0 aliphatic heterocycles. The molecule has 0 heterocycles. The van der Waals surface area contributed by atoms with Gasteiger partial charge in [-0.3, -0.25) is 0 Å². The number of nitrogens with one attached hydrogen (secondary N) is 1. The van der Waals surface area contributed by atoms with Crippen molar-refractivity contribution in [3.8, 4) is 0 Å². The van der Waals surface area contributed by atoms with E-state index in [2.05, 4.69) is 5.32 Å². The average molecular weight is 177 g/mol. The number of methoxy groups -OCH3 is 1. The molecule has 4 heteroatoms. The Hall–Kier alpha value is -0.160. The van der Waals surface area contributed by atoms with E-state index >= 15 is 0 Å². The van der Waals surface area contributed by atoms with E-state index in [0.717, 1.165) is 0 Å². The topological polar surface area (TPSA) is 50.7 Å². The normalized spacial score (nSPS) is 16.0. The maximum atomic E-state index is 8.97. The molecule has 0 saturated carbocycles. The van der Waals surface area contributed by atoms with Gasteiger partial charge in [0.2, 0.25) is 0 Å². The predicted octanol–water partition coefficient (Wildman–Crippen LogP) is -0.380. The maximum absolute atomic E-state index is 8.97. The van der Waals surface area contributed by atoms with Gasteiger partial charge in [-0.1, -0.05) is 0 Å². The van der Waals surface area contributed by atoms with E-state index in [9.17, 15) is 0 Å². The van der Waals surface area contributed by atoms with E-state index in [-0.39, 0.29) is 12.1 Å². The van der Waals surface area contributed by atoms with Crippen LogP contribution in [0.2, 0.25) is 0 Å². The van der Waals surface area contributed by atoms with Crippen LogP contribution in [-0.4, -0.2) is 51.2 Å². The summed E-state index contributed by atoms with van der Waals surface area (Å²) >= 11 is 0. The van der Waals surface area contributed by atoms with Gasteiger partial charge in [0, 0.05) is 7.11 Å². The Balaban J connectivity index is 3.45. The zero-order valence-electron chi connectivity index (χ0n) is 8.09. The molecule has 0 spiro atoms. The minimum atomic E-state index is -0.340. The van der Waals surface area contributed by atoms with E-state index in [4.69, 9.17) is 14.6 Å². The first kappa shape index (κ1) is 11.8. The first-order valence-electron chi connectivity index (χ1n) is 4.05. The standard InChI is InChI=1S/C8H19NO3/c1-8(6-10,9-2)7-12-5-4-11-3/h9-10H,4-7H2,1-3H3. The van der Waals surface area contributed by atoms with Crippen LogP contribution >= 0.6 is 0 Å². The monoisotopic (exact) mass is 177 g/mol. The Bertz CT molecular complexity index is 104. The van der Waals surface area contributed by atoms with Crippen molar-refractivity contribution in [2.24, 2.45) is 0 Å². The van der Waals surface area contributed by atoms with E-state index < -0.39 is 0 Å². The van der Waals surface area contributed by atoms with Gasteiger partial charge in [-0.2, -0.15) is 0 Å². The summed E-state index contributed by atoms with van der Waals surface area (Å²) in [5.74, 6) is 0. The Kier molecular flexibility index (Phi) is 6.28. The molecule has 12 heavy (non-hydrogen) atoms. The summed E-state index contributed by atoms with van der Waals surface area (Å²) in [7, 11) is 3.43. The van der Waals surface area contributed by atoms with Crippen LogP contribution in [0.1, 0.15) is 6.92 Å². The molecule has 2 N–H and O–H groups in total. The lowest BCUT2D eigenvalue weighted by Crippen LogP contribution is -2.47. The SMILES string of the molecule is CNC(C)(CO)COCCOC. The molecular weight excluding hydrogens is 158 g/mol. The molecule has 0 aromatic rings. The maximum Gasteiger partial charge on any atom is 0.0701 e. The van der Waals surface area contributed by atoms with Gasteiger partial charge in [-0.25, -0.2) is 0 Å². The van der Waals surface area contributed by atoms with E-state index in [1.54, 1.807) is 14.2 Å². The van der Waals surface area contributed by atoms with E-state index in [1.165, 1.54) is 0 Å². The van der Waals surface area contributed by atoms with Crippen molar-refractivity contribution in [3.05, 3.63) is 0 Å². The second-order valence-corrected chi connectivity index (χ2v) is 3.01. The van der Waals surface area contributed by atoms with Crippen molar-refractivity contribution in [1.82, 2.24) is 5.32 Å². The fourth-order valence-electron chi connectivity index (χ4n) is 0.637. The van der Waals surface area contributed by atoms with Gasteiger partial charge in [0.05, 0.1) is 32.0 Å². The molecule has 0 amide bonds. The second kappa shape index (κ2) is 6.37. The van der Waals surface area contributed by atoms with Crippen LogP contribution in [0, 0.1) is 0 Å². The molecular formula is C8H19NO3. The Morgan fingerprint density at radius 2 is 2.08 bits per heavy atom. The fourth-order valence-corrected chi connectivity index (χ4v) is 0.637. The number of aliphatic hydroxyl groups excluding tert-OH is 1. The van der Waals surface area contributed by atoms with Crippen LogP contribution in [0.5, 0.6) is 0 Å². The lowest BCUT2D eigenvalue weighted by molar-refractivity contribution is 0.0215. The molecule has 1 atom stereocenters. The number of hydrogen-bond donors (Lipinski definition) is 2. The lowest BCUT2D eigenvalue weighted by Gasteiger charge is -2.26. The zero-order valence-corrected chi connectivity index (χ0v) is 8.09. The molecule has 0 rings (SSSR count). The highest BCUT2D eigenvalue weighted by atomic mass is 16.5. The summed E-state index contributed by atoms with van der Waals surface area (Å²) in [5.41, 5.74) is -0.340. The van der Waals surface area contributed by atoms with Crippen LogP contribution in [0.25, 0.3) is 0 Å². The van der Waals surface area contributed by atoms with Crippen LogP contribution in [0.4, 0.5) is 0 Å². The third-order valence-electron chi connectivity index (χ3n) is 1.80. The first-order valence-corrected chi connectivity index (χ1v) is 4.05. The fraction of sp³-hybridized carbons (Fsp3) is 1.00. The summed E-state index contributed by atoms with van der Waals surface area (Å²) in [5, 5.41) is 12.0. The van der Waals surface area contributed by atoms with Crippen LogP contribution in [0.15, 0.2) is 0 Å². The molecule has 74 valence electrons. The molecule has 0 radical (unpaired) electrons. The summed E-state index contributed by atoms with van der Waals surface area (Å²) in [6, 6.07) is 0. The Morgan fingerprint density at radius 1 is 1.42 bits per heavy atom. The molecule has 1 unspecified atom stereocenters. The van der Waals surface area contributed by atoms with E-state index in [1.807, 2.05) is 6.92 Å². The zero-order chi connectivity index (χ0) is 9.45. The van der Waals surface area contributed by atoms with Crippen molar-refractivity contribution in [1.29, 1.82) is 0 Å². The van der Waals surface area contributed by atoms with Gasteiger partial charge < -0.3 is 19.9 Å². The van der Waals surface area contributed by atoms with Crippen LogP contribution in [-0.2, 0) is 9.47 Å². The van der Waals surface area contributed by atoms with Crippen LogP contribution in [0.3, 0.4) is 0 Å². The highest BCUT2D eigenvalue weighted by Crippen LogP contribution is 2.01. The molecule has 4 nitrogen and oxygen atoms in total. The number of likely N-dealkylation sites (N-methyl/N-ethyl adjacent to an activating group) is 1. The van der Waals surface area contributed by atoms with Crippen molar-refractivity contribution >= 4 is 0 Å². The van der Waals surface area contributed by atoms with Gasteiger partial charge in [-0.15, -0.1) is 0 Å². The number of hydrogen-bond acceptors (Lipinski definition) is 4. The number of ether oxygens (including phenoxy) is 2. The van der Waals surface area contributed by atoms with Gasteiger partial charge >= 0.3 is 0 Å². The third-order valence-corrected chi connectivity index (χ3v) is 1.80. The number of aliphatic hydroxyl groups is 1. The van der Waals surface area contributed by atoms with Crippen molar-refractivity contribution in [2.45, 2.75) is 12.5 Å². The highest BCUT2D eigenvalue weighted by molar-refractivity contribution is 4.79. The smallest absolute Gasteiger partial charge is 0.0701 e. The Labute approximate surface area is 73.9 Å². The Morgan fingerprint density at radius 3 is 2.50 bits per heavy atom. The molecule has 0 fully saturated rings. The van der Waals surface area contributed by atoms with Gasteiger partial charge in [0.15, 0.2) is 0 Å². The van der Waals surface area contributed by atoms with Crippen molar-refractivity contribution in [2.75, 3.05) is 40.6 Å². The number of rotatable bonds is 7. The van der Waals surface area contributed by atoms with Gasteiger partial charge in [0.25, 0.3) is 0 Å². The molecule has 0 aromatic heterocycles. The molecule has 0 saturated heterocycles. The summed E-state index contributed by atoms with van der Waals surface area (Å²) < 4.78 is 10.1. The third kappa shape index (κ3) is 4.66. The summed E-state index contributed by atoms with van der Waals surface area (Å²) in [6.07, 6.45) is 0. The van der Waals surface area contributed by atoms with Gasteiger partial charge in [0.1, 0.15) is 0 Å².